The van der Waals surface area contributed by atoms with Crippen molar-refractivity contribution in [1.82, 2.24) is 4.90 Å². The predicted octanol–water partition coefficient (Wildman–Crippen LogP) is 5.25. The smallest absolute Gasteiger partial charge is 0.322 e. The van der Waals surface area contributed by atoms with E-state index in [-0.39, 0.29) is 10.9 Å². The van der Waals surface area contributed by atoms with Crippen LogP contribution < -0.4 is 0 Å². The van der Waals surface area contributed by atoms with E-state index in [9.17, 15) is 18.0 Å². The molecule has 1 amide bonds. The standard InChI is InChI=1S/C17H13ClF3NOS/c18-12-5-3-4-11(10-12)16-22(8-9-24-16)15(23)13-6-1-2-7-14(13)17(19,20)21/h1-7,10,16H,8-9H2. The van der Waals surface area contributed by atoms with Gasteiger partial charge in [-0.3, -0.25) is 4.79 Å². The third kappa shape index (κ3) is 3.39. The van der Waals surface area contributed by atoms with E-state index < -0.39 is 17.6 Å². The van der Waals surface area contributed by atoms with E-state index in [1.165, 1.54) is 34.9 Å². The highest BCUT2D eigenvalue weighted by Gasteiger charge is 2.38. The third-order valence-electron chi connectivity index (χ3n) is 3.75. The summed E-state index contributed by atoms with van der Waals surface area (Å²) in [6.45, 7) is 0.396. The van der Waals surface area contributed by atoms with Crippen molar-refractivity contribution in [3.8, 4) is 0 Å². The van der Waals surface area contributed by atoms with Gasteiger partial charge in [-0.1, -0.05) is 35.9 Å². The Morgan fingerprint density at radius 3 is 2.62 bits per heavy atom. The normalized spacial score (nSPS) is 18.0. The number of carbonyl (C=O) groups is 1. The molecule has 0 N–H and O–H groups in total. The molecule has 0 bridgehead atoms. The molecule has 1 saturated heterocycles. The Balaban J connectivity index is 1.95. The van der Waals surface area contributed by atoms with Crippen molar-refractivity contribution < 1.29 is 18.0 Å². The van der Waals surface area contributed by atoms with Crippen LogP contribution in [0, 0.1) is 0 Å². The molecule has 0 saturated carbocycles. The molecular weight excluding hydrogens is 359 g/mol. The number of thioether (sulfide) groups is 1. The van der Waals surface area contributed by atoms with Crippen LogP contribution in [0.1, 0.15) is 26.9 Å². The van der Waals surface area contributed by atoms with E-state index in [0.29, 0.717) is 17.3 Å². The van der Waals surface area contributed by atoms with Crippen molar-refractivity contribution in [2.45, 2.75) is 11.6 Å². The Hall–Kier alpha value is -1.66. The van der Waals surface area contributed by atoms with Crippen molar-refractivity contribution in [3.05, 3.63) is 70.2 Å². The lowest BCUT2D eigenvalue weighted by Crippen LogP contribution is -2.32. The molecule has 1 heterocycles. The number of carbonyl (C=O) groups excluding carboxylic acids is 1. The third-order valence-corrected chi connectivity index (χ3v) is 5.24. The molecule has 24 heavy (non-hydrogen) atoms. The minimum Gasteiger partial charge on any atom is -0.322 e. The van der Waals surface area contributed by atoms with Gasteiger partial charge in [-0.15, -0.1) is 11.8 Å². The number of benzene rings is 2. The number of nitrogens with zero attached hydrogens (tertiary/aromatic N) is 1. The maximum absolute atomic E-state index is 13.2. The number of halogens is 4. The van der Waals surface area contributed by atoms with Crippen molar-refractivity contribution in [2.24, 2.45) is 0 Å². The molecule has 7 heteroatoms. The maximum Gasteiger partial charge on any atom is 0.417 e. The molecule has 1 atom stereocenters. The first-order valence-corrected chi connectivity index (χ1v) is 8.65. The van der Waals surface area contributed by atoms with Crippen LogP contribution in [0.2, 0.25) is 5.02 Å². The molecule has 0 aromatic heterocycles. The zero-order valence-corrected chi connectivity index (χ0v) is 14.0. The largest absolute Gasteiger partial charge is 0.417 e. The van der Waals surface area contributed by atoms with Crippen LogP contribution in [0.3, 0.4) is 0 Å². The van der Waals surface area contributed by atoms with E-state index >= 15 is 0 Å². The quantitative estimate of drug-likeness (QED) is 0.719. The van der Waals surface area contributed by atoms with Crippen molar-refractivity contribution in [2.75, 3.05) is 12.3 Å². The van der Waals surface area contributed by atoms with Crippen molar-refractivity contribution >= 4 is 29.3 Å². The minimum atomic E-state index is -4.56. The van der Waals surface area contributed by atoms with E-state index in [4.69, 9.17) is 11.6 Å². The van der Waals surface area contributed by atoms with Crippen LogP contribution >= 0.6 is 23.4 Å². The number of alkyl halides is 3. The van der Waals surface area contributed by atoms with Gasteiger partial charge in [-0.25, -0.2) is 0 Å². The van der Waals surface area contributed by atoms with Gasteiger partial charge in [-0.05, 0) is 29.8 Å². The number of amides is 1. The van der Waals surface area contributed by atoms with E-state index in [2.05, 4.69) is 0 Å². The van der Waals surface area contributed by atoms with E-state index in [1.807, 2.05) is 6.07 Å². The molecule has 1 aliphatic heterocycles. The Bertz CT molecular complexity index is 765. The summed E-state index contributed by atoms with van der Waals surface area (Å²) in [5.74, 6) is 0.0507. The monoisotopic (exact) mass is 371 g/mol. The van der Waals surface area contributed by atoms with Crippen LogP contribution in [0.15, 0.2) is 48.5 Å². The van der Waals surface area contributed by atoms with Gasteiger partial charge in [0.1, 0.15) is 5.37 Å². The molecule has 1 unspecified atom stereocenters. The fourth-order valence-electron chi connectivity index (χ4n) is 2.69. The molecule has 0 spiro atoms. The van der Waals surface area contributed by atoms with Gasteiger partial charge < -0.3 is 4.90 Å². The van der Waals surface area contributed by atoms with Crippen LogP contribution in [-0.2, 0) is 6.18 Å². The summed E-state index contributed by atoms with van der Waals surface area (Å²) in [6, 6.07) is 11.9. The first-order valence-electron chi connectivity index (χ1n) is 7.22. The number of rotatable bonds is 2. The van der Waals surface area contributed by atoms with E-state index in [0.717, 1.165) is 11.6 Å². The molecule has 0 aliphatic carbocycles. The van der Waals surface area contributed by atoms with Gasteiger partial charge >= 0.3 is 6.18 Å². The average Bonchev–Trinajstić information content (AvgIpc) is 3.03. The first kappa shape index (κ1) is 17.2. The summed E-state index contributed by atoms with van der Waals surface area (Å²) in [7, 11) is 0. The summed E-state index contributed by atoms with van der Waals surface area (Å²) >= 11 is 7.50. The molecule has 2 aromatic rings. The van der Waals surface area contributed by atoms with Crippen LogP contribution in [0.5, 0.6) is 0 Å². The van der Waals surface area contributed by atoms with Gasteiger partial charge in [0.2, 0.25) is 0 Å². The fraction of sp³-hybridized carbons (Fsp3) is 0.235. The minimum absolute atomic E-state index is 0.320. The number of hydrogen-bond donors (Lipinski definition) is 0. The number of hydrogen-bond acceptors (Lipinski definition) is 2. The van der Waals surface area contributed by atoms with Crippen molar-refractivity contribution in [1.29, 1.82) is 0 Å². The molecule has 1 aliphatic rings. The Labute approximate surface area is 146 Å². The molecule has 3 rings (SSSR count). The van der Waals surface area contributed by atoms with Crippen LogP contribution in [0.4, 0.5) is 13.2 Å². The lowest BCUT2D eigenvalue weighted by Gasteiger charge is -2.25. The molecule has 1 fully saturated rings. The zero-order chi connectivity index (χ0) is 17.3. The average molecular weight is 372 g/mol. The van der Waals surface area contributed by atoms with Crippen molar-refractivity contribution in [3.63, 3.8) is 0 Å². The molecule has 126 valence electrons. The van der Waals surface area contributed by atoms with Gasteiger partial charge in [0, 0.05) is 17.3 Å². The second-order valence-electron chi connectivity index (χ2n) is 5.32. The predicted molar refractivity (Wildman–Crippen MR) is 89.1 cm³/mol. The van der Waals surface area contributed by atoms with Crippen LogP contribution in [-0.4, -0.2) is 23.1 Å². The molecule has 2 nitrogen and oxygen atoms in total. The fourth-order valence-corrected chi connectivity index (χ4v) is 4.13. The highest BCUT2D eigenvalue weighted by molar-refractivity contribution is 7.99. The summed E-state index contributed by atoms with van der Waals surface area (Å²) in [5.41, 5.74) is -0.417. The second kappa shape index (κ2) is 6.69. The van der Waals surface area contributed by atoms with Gasteiger partial charge in [0.15, 0.2) is 0 Å². The SMILES string of the molecule is O=C(c1ccccc1C(F)(F)F)N1CCSC1c1cccc(Cl)c1. The van der Waals surface area contributed by atoms with Gasteiger partial charge in [0.25, 0.3) is 5.91 Å². The summed E-state index contributed by atoms with van der Waals surface area (Å²) in [6.07, 6.45) is -4.56. The first-order chi connectivity index (χ1) is 11.4. The molecular formula is C17H13ClF3NOS. The summed E-state index contributed by atoms with van der Waals surface area (Å²) < 4.78 is 39.5. The Morgan fingerprint density at radius 1 is 1.17 bits per heavy atom. The lowest BCUT2D eigenvalue weighted by atomic mass is 10.1. The van der Waals surface area contributed by atoms with Gasteiger partial charge in [0.05, 0.1) is 11.1 Å². The second-order valence-corrected chi connectivity index (χ2v) is 6.94. The Morgan fingerprint density at radius 2 is 1.92 bits per heavy atom. The van der Waals surface area contributed by atoms with Gasteiger partial charge in [-0.2, -0.15) is 13.2 Å². The topological polar surface area (TPSA) is 20.3 Å². The molecule has 0 radical (unpaired) electrons. The lowest BCUT2D eigenvalue weighted by molar-refractivity contribution is -0.138. The van der Waals surface area contributed by atoms with E-state index in [1.54, 1.807) is 18.2 Å². The summed E-state index contributed by atoms with van der Waals surface area (Å²) in [4.78, 5) is 14.2. The molecule has 2 aromatic carbocycles. The summed E-state index contributed by atoms with van der Waals surface area (Å²) in [5, 5.41) is 0.195. The Kier molecular flexibility index (Phi) is 4.78. The maximum atomic E-state index is 13.2. The van der Waals surface area contributed by atoms with Crippen LogP contribution in [0.25, 0.3) is 0 Å². The highest BCUT2D eigenvalue weighted by atomic mass is 35.5. The zero-order valence-electron chi connectivity index (χ0n) is 12.4. The highest BCUT2D eigenvalue weighted by Crippen LogP contribution is 2.41.